The second kappa shape index (κ2) is 4.70. The van der Waals surface area contributed by atoms with Crippen molar-refractivity contribution < 1.29 is 9.50 Å². The van der Waals surface area contributed by atoms with Gasteiger partial charge in [-0.15, -0.1) is 0 Å². The normalized spacial score (nSPS) is 12.1. The van der Waals surface area contributed by atoms with Crippen molar-refractivity contribution >= 4 is 0 Å². The van der Waals surface area contributed by atoms with Crippen molar-refractivity contribution in [2.24, 2.45) is 5.73 Å². The number of hydrogen-bond donors (Lipinski definition) is 2. The van der Waals surface area contributed by atoms with Crippen LogP contribution in [0.5, 0.6) is 0 Å². The lowest BCUT2D eigenvalue weighted by Gasteiger charge is -2.12. The first-order valence-electron chi connectivity index (χ1n) is 4.20. The molecule has 4 heteroatoms. The van der Waals surface area contributed by atoms with Crippen LogP contribution in [0.25, 0.3) is 0 Å². The molecule has 3 nitrogen and oxygen atoms in total. The molecule has 0 fully saturated rings. The third-order valence-electron chi connectivity index (χ3n) is 1.97. The lowest BCUT2D eigenvalue weighted by atomic mass is 9.99. The van der Waals surface area contributed by atoms with Crippen LogP contribution in [0.3, 0.4) is 0 Å². The number of halogens is 1. The Hall–Kier alpha value is -1.44. The van der Waals surface area contributed by atoms with Crippen molar-refractivity contribution in [3.05, 3.63) is 35.1 Å². The van der Waals surface area contributed by atoms with Gasteiger partial charge in [0.1, 0.15) is 5.82 Å². The molecule has 0 unspecified atom stereocenters. The van der Waals surface area contributed by atoms with Crippen molar-refractivity contribution in [3.63, 3.8) is 0 Å². The van der Waals surface area contributed by atoms with E-state index in [1.165, 1.54) is 18.2 Å². The fourth-order valence-electron chi connectivity index (χ4n) is 1.26. The van der Waals surface area contributed by atoms with Crippen LogP contribution in [-0.4, -0.2) is 11.7 Å². The molecule has 0 amide bonds. The van der Waals surface area contributed by atoms with Crippen LogP contribution in [0, 0.1) is 17.1 Å². The van der Waals surface area contributed by atoms with Crippen LogP contribution in [0.4, 0.5) is 4.39 Å². The average molecular weight is 194 g/mol. The molecule has 14 heavy (non-hydrogen) atoms. The molecule has 0 aliphatic rings. The number of aliphatic hydroxyl groups is 1. The summed E-state index contributed by atoms with van der Waals surface area (Å²) in [4.78, 5) is 0. The SMILES string of the molecule is N#CCc1ccc(F)cc1[C@@H](N)CO. The highest BCUT2D eigenvalue weighted by atomic mass is 19.1. The molecular weight excluding hydrogens is 183 g/mol. The van der Waals surface area contributed by atoms with Crippen LogP contribution in [0.1, 0.15) is 17.2 Å². The van der Waals surface area contributed by atoms with E-state index in [0.717, 1.165) is 0 Å². The molecule has 1 aromatic rings. The summed E-state index contributed by atoms with van der Waals surface area (Å²) in [6, 6.07) is 5.39. The van der Waals surface area contributed by atoms with Crippen molar-refractivity contribution in [1.82, 2.24) is 0 Å². The van der Waals surface area contributed by atoms with Gasteiger partial charge in [0.05, 0.1) is 25.1 Å². The number of nitrogens with two attached hydrogens (primary N) is 1. The van der Waals surface area contributed by atoms with E-state index in [1.807, 2.05) is 6.07 Å². The van der Waals surface area contributed by atoms with Crippen molar-refractivity contribution in [2.45, 2.75) is 12.5 Å². The van der Waals surface area contributed by atoms with Crippen LogP contribution in [0.2, 0.25) is 0 Å². The standard InChI is InChI=1S/C10H11FN2O/c11-8-2-1-7(3-4-12)9(5-8)10(13)6-14/h1-2,5,10,14H,3,6,13H2/t10-/m0/s1. The Labute approximate surface area is 81.6 Å². The van der Waals surface area contributed by atoms with Crippen LogP contribution < -0.4 is 5.73 Å². The largest absolute Gasteiger partial charge is 0.394 e. The number of nitriles is 1. The zero-order chi connectivity index (χ0) is 10.6. The summed E-state index contributed by atoms with van der Waals surface area (Å²) in [5.41, 5.74) is 6.73. The zero-order valence-corrected chi connectivity index (χ0v) is 7.57. The minimum atomic E-state index is -0.631. The molecule has 0 saturated carbocycles. The number of aliphatic hydroxyl groups excluding tert-OH is 1. The Morgan fingerprint density at radius 1 is 1.57 bits per heavy atom. The maximum absolute atomic E-state index is 12.9. The van der Waals surface area contributed by atoms with Gasteiger partial charge in [-0.3, -0.25) is 0 Å². The van der Waals surface area contributed by atoms with E-state index >= 15 is 0 Å². The van der Waals surface area contributed by atoms with Crippen molar-refractivity contribution in [3.8, 4) is 6.07 Å². The monoisotopic (exact) mass is 194 g/mol. The maximum atomic E-state index is 12.9. The van der Waals surface area contributed by atoms with Crippen LogP contribution in [0.15, 0.2) is 18.2 Å². The van der Waals surface area contributed by atoms with Crippen molar-refractivity contribution in [2.75, 3.05) is 6.61 Å². The molecule has 0 radical (unpaired) electrons. The van der Waals surface area contributed by atoms with E-state index in [1.54, 1.807) is 0 Å². The molecule has 3 N–H and O–H groups in total. The second-order valence-corrected chi connectivity index (χ2v) is 2.97. The summed E-state index contributed by atoms with van der Waals surface area (Å²) in [6.45, 7) is -0.262. The molecule has 0 aromatic heterocycles. The first kappa shape index (κ1) is 10.6. The number of nitrogens with zero attached hydrogens (tertiary/aromatic N) is 1. The molecule has 0 aliphatic heterocycles. The highest BCUT2D eigenvalue weighted by molar-refractivity contribution is 5.32. The highest BCUT2D eigenvalue weighted by Gasteiger charge is 2.10. The van der Waals surface area contributed by atoms with Gasteiger partial charge in [0, 0.05) is 0 Å². The molecule has 0 saturated heterocycles. The van der Waals surface area contributed by atoms with E-state index in [2.05, 4.69) is 0 Å². The Morgan fingerprint density at radius 3 is 2.86 bits per heavy atom. The third kappa shape index (κ3) is 2.28. The van der Waals surface area contributed by atoms with Crippen LogP contribution in [-0.2, 0) is 6.42 Å². The fraction of sp³-hybridized carbons (Fsp3) is 0.300. The highest BCUT2D eigenvalue weighted by Crippen LogP contribution is 2.17. The Balaban J connectivity index is 3.10. The lowest BCUT2D eigenvalue weighted by Crippen LogP contribution is -2.16. The molecule has 1 aromatic carbocycles. The molecular formula is C10H11FN2O. The van der Waals surface area contributed by atoms with Gasteiger partial charge in [-0.1, -0.05) is 6.07 Å². The second-order valence-electron chi connectivity index (χ2n) is 2.97. The van der Waals surface area contributed by atoms with Gasteiger partial charge in [0.2, 0.25) is 0 Å². The Kier molecular flexibility index (Phi) is 3.57. The molecule has 1 rings (SSSR count). The maximum Gasteiger partial charge on any atom is 0.123 e. The summed E-state index contributed by atoms with van der Waals surface area (Å²) in [5, 5.41) is 17.4. The lowest BCUT2D eigenvalue weighted by molar-refractivity contribution is 0.267. The van der Waals surface area contributed by atoms with Gasteiger partial charge in [0.25, 0.3) is 0 Å². The predicted molar refractivity (Wildman–Crippen MR) is 49.7 cm³/mol. The quantitative estimate of drug-likeness (QED) is 0.750. The zero-order valence-electron chi connectivity index (χ0n) is 7.57. The van der Waals surface area contributed by atoms with Gasteiger partial charge in [-0.05, 0) is 23.3 Å². The predicted octanol–water partition coefficient (Wildman–Crippen LogP) is 0.884. The van der Waals surface area contributed by atoms with E-state index in [4.69, 9.17) is 16.1 Å². The number of rotatable bonds is 3. The summed E-state index contributed by atoms with van der Waals surface area (Å²) < 4.78 is 12.9. The summed E-state index contributed by atoms with van der Waals surface area (Å²) >= 11 is 0. The first-order chi connectivity index (χ1) is 6.69. The van der Waals surface area contributed by atoms with Gasteiger partial charge >= 0.3 is 0 Å². The fourth-order valence-corrected chi connectivity index (χ4v) is 1.26. The minimum absolute atomic E-state index is 0.170. The number of hydrogen-bond acceptors (Lipinski definition) is 3. The Bertz CT molecular complexity index is 360. The van der Waals surface area contributed by atoms with Gasteiger partial charge in [-0.25, -0.2) is 4.39 Å². The minimum Gasteiger partial charge on any atom is -0.394 e. The summed E-state index contributed by atoms with van der Waals surface area (Å²) in [5.74, 6) is -0.411. The average Bonchev–Trinajstić information content (AvgIpc) is 2.20. The smallest absolute Gasteiger partial charge is 0.123 e. The first-order valence-corrected chi connectivity index (χ1v) is 4.20. The van der Waals surface area contributed by atoms with Gasteiger partial charge in [0.15, 0.2) is 0 Å². The van der Waals surface area contributed by atoms with Gasteiger partial charge in [-0.2, -0.15) is 5.26 Å². The topological polar surface area (TPSA) is 70.0 Å². The van der Waals surface area contributed by atoms with E-state index in [9.17, 15) is 4.39 Å². The van der Waals surface area contributed by atoms with E-state index < -0.39 is 11.9 Å². The molecule has 74 valence electrons. The molecule has 0 bridgehead atoms. The summed E-state index contributed by atoms with van der Waals surface area (Å²) in [7, 11) is 0. The Morgan fingerprint density at radius 2 is 2.29 bits per heavy atom. The van der Waals surface area contributed by atoms with Gasteiger partial charge < -0.3 is 10.8 Å². The van der Waals surface area contributed by atoms with E-state index in [0.29, 0.717) is 11.1 Å². The van der Waals surface area contributed by atoms with Crippen LogP contribution >= 0.6 is 0 Å². The van der Waals surface area contributed by atoms with Crippen molar-refractivity contribution in [1.29, 1.82) is 5.26 Å². The molecule has 1 atom stereocenters. The molecule has 0 aliphatic carbocycles. The molecule has 0 spiro atoms. The number of benzene rings is 1. The third-order valence-corrected chi connectivity index (χ3v) is 1.97. The summed E-state index contributed by atoms with van der Waals surface area (Å²) in [6.07, 6.45) is 0.170. The molecule has 0 heterocycles. The van der Waals surface area contributed by atoms with E-state index in [-0.39, 0.29) is 13.0 Å².